The molecule has 0 aromatic heterocycles. The summed E-state index contributed by atoms with van der Waals surface area (Å²) < 4.78 is 6.01. The summed E-state index contributed by atoms with van der Waals surface area (Å²) in [5.41, 5.74) is 2.32. The van der Waals surface area contributed by atoms with Gasteiger partial charge in [-0.2, -0.15) is 0 Å². The molecule has 0 bridgehead atoms. The second kappa shape index (κ2) is 7.32. The average Bonchev–Trinajstić information content (AvgIpc) is 2.48. The van der Waals surface area contributed by atoms with Gasteiger partial charge in [0.25, 0.3) is 0 Å². The van der Waals surface area contributed by atoms with E-state index in [2.05, 4.69) is 31.3 Å². The zero-order valence-electron chi connectivity index (χ0n) is 11.9. The molecule has 20 heavy (non-hydrogen) atoms. The molecule has 0 radical (unpaired) electrons. The van der Waals surface area contributed by atoms with Crippen LogP contribution in [0.5, 0.6) is 11.5 Å². The summed E-state index contributed by atoms with van der Waals surface area (Å²) in [6, 6.07) is 14.0. The highest BCUT2D eigenvalue weighted by Crippen LogP contribution is 2.33. The van der Waals surface area contributed by atoms with Crippen LogP contribution >= 0.6 is 11.6 Å². The summed E-state index contributed by atoms with van der Waals surface area (Å²) in [6.45, 7) is 5.87. The maximum Gasteiger partial charge on any atom is 0.150 e. The second-order valence-corrected chi connectivity index (χ2v) is 5.02. The molecule has 0 heterocycles. The lowest BCUT2D eigenvalue weighted by molar-refractivity contribution is 0.473. The van der Waals surface area contributed by atoms with Crippen LogP contribution in [0.25, 0.3) is 0 Å². The second-order valence-electron chi connectivity index (χ2n) is 4.61. The molecule has 0 saturated carbocycles. The van der Waals surface area contributed by atoms with Crippen molar-refractivity contribution < 1.29 is 4.74 Å². The van der Waals surface area contributed by atoms with Gasteiger partial charge in [-0.15, -0.1) is 0 Å². The molecule has 1 N–H and O–H groups in total. The number of rotatable bonds is 6. The lowest BCUT2D eigenvalue weighted by Gasteiger charge is -2.13. The number of nitrogens with one attached hydrogen (secondary N) is 1. The Balaban J connectivity index is 2.27. The predicted molar refractivity (Wildman–Crippen MR) is 84.7 cm³/mol. The molecule has 0 spiro atoms. The van der Waals surface area contributed by atoms with Crippen LogP contribution in [0.4, 0.5) is 0 Å². The summed E-state index contributed by atoms with van der Waals surface area (Å²) in [7, 11) is 0. The number of hydrogen-bond donors (Lipinski definition) is 1. The Morgan fingerprint density at radius 2 is 1.90 bits per heavy atom. The molecule has 0 unspecified atom stereocenters. The van der Waals surface area contributed by atoms with Gasteiger partial charge in [0.05, 0.1) is 5.02 Å². The smallest absolute Gasteiger partial charge is 0.150 e. The summed E-state index contributed by atoms with van der Waals surface area (Å²) in [6.07, 6.45) is 0.990. The quantitative estimate of drug-likeness (QED) is 0.824. The van der Waals surface area contributed by atoms with E-state index in [9.17, 15) is 0 Å². The maximum absolute atomic E-state index is 6.28. The normalized spacial score (nSPS) is 10.6. The van der Waals surface area contributed by atoms with Crippen molar-refractivity contribution in [2.24, 2.45) is 0 Å². The van der Waals surface area contributed by atoms with Crippen LogP contribution in [-0.4, -0.2) is 6.54 Å². The van der Waals surface area contributed by atoms with Crippen molar-refractivity contribution in [2.75, 3.05) is 6.54 Å². The summed E-state index contributed by atoms with van der Waals surface area (Å²) in [4.78, 5) is 0. The van der Waals surface area contributed by atoms with Crippen molar-refractivity contribution in [2.45, 2.75) is 26.8 Å². The molecule has 0 aliphatic heterocycles. The monoisotopic (exact) mass is 289 g/mol. The van der Waals surface area contributed by atoms with Crippen molar-refractivity contribution >= 4 is 11.6 Å². The fourth-order valence-electron chi connectivity index (χ4n) is 2.01. The average molecular weight is 290 g/mol. The fraction of sp³-hybridized carbons (Fsp3) is 0.294. The van der Waals surface area contributed by atoms with Crippen molar-refractivity contribution in [1.29, 1.82) is 0 Å². The van der Waals surface area contributed by atoms with Crippen LogP contribution in [0.3, 0.4) is 0 Å². The van der Waals surface area contributed by atoms with E-state index in [4.69, 9.17) is 16.3 Å². The maximum atomic E-state index is 6.28. The number of hydrogen-bond acceptors (Lipinski definition) is 2. The van der Waals surface area contributed by atoms with Gasteiger partial charge in [-0.3, -0.25) is 0 Å². The van der Waals surface area contributed by atoms with Crippen molar-refractivity contribution in [3.63, 3.8) is 0 Å². The van der Waals surface area contributed by atoms with Gasteiger partial charge in [0.15, 0.2) is 0 Å². The Morgan fingerprint density at radius 1 is 1.10 bits per heavy atom. The van der Waals surface area contributed by atoms with E-state index in [1.165, 1.54) is 5.56 Å². The van der Waals surface area contributed by atoms with Gasteiger partial charge in [-0.05, 0) is 36.7 Å². The molecule has 2 aromatic carbocycles. The molecule has 0 aliphatic rings. The van der Waals surface area contributed by atoms with Crippen molar-refractivity contribution in [3.8, 4) is 11.5 Å². The molecule has 0 aliphatic carbocycles. The number of aryl methyl sites for hydroxylation is 1. The van der Waals surface area contributed by atoms with E-state index in [1.54, 1.807) is 0 Å². The minimum absolute atomic E-state index is 0.641. The third kappa shape index (κ3) is 3.75. The minimum Gasteiger partial charge on any atom is -0.455 e. The molecular formula is C17H20ClNO. The molecule has 0 amide bonds. The highest BCUT2D eigenvalue weighted by atomic mass is 35.5. The summed E-state index contributed by atoms with van der Waals surface area (Å²) >= 11 is 6.28. The van der Waals surface area contributed by atoms with Gasteiger partial charge in [-0.25, -0.2) is 0 Å². The van der Waals surface area contributed by atoms with E-state index in [1.807, 2.05) is 30.3 Å². The third-order valence-corrected chi connectivity index (χ3v) is 3.44. The standard InChI is InChI=1S/C17H20ClNO/c1-3-13-7-5-9-15(11-13)20-17-14(12-19-4-2)8-6-10-16(17)18/h5-11,19H,3-4,12H2,1-2H3. The molecule has 2 aromatic rings. The van der Waals surface area contributed by atoms with Crippen LogP contribution in [0.15, 0.2) is 42.5 Å². The molecule has 2 rings (SSSR count). The zero-order chi connectivity index (χ0) is 14.4. The first-order chi connectivity index (χ1) is 9.74. The van der Waals surface area contributed by atoms with E-state index >= 15 is 0 Å². The first-order valence-corrected chi connectivity index (χ1v) is 7.37. The lowest BCUT2D eigenvalue weighted by atomic mass is 10.1. The summed E-state index contributed by atoms with van der Waals surface area (Å²) in [5, 5.41) is 3.94. The molecule has 106 valence electrons. The van der Waals surface area contributed by atoms with Crippen molar-refractivity contribution in [1.82, 2.24) is 5.32 Å². The van der Waals surface area contributed by atoms with Crippen molar-refractivity contribution in [3.05, 3.63) is 58.6 Å². The van der Waals surface area contributed by atoms with E-state index in [0.717, 1.165) is 36.6 Å². The van der Waals surface area contributed by atoms with E-state index in [-0.39, 0.29) is 0 Å². The van der Waals surface area contributed by atoms with Gasteiger partial charge < -0.3 is 10.1 Å². The predicted octanol–water partition coefficient (Wildman–Crippen LogP) is 4.80. The van der Waals surface area contributed by atoms with Crippen LogP contribution in [-0.2, 0) is 13.0 Å². The fourth-order valence-corrected chi connectivity index (χ4v) is 2.25. The van der Waals surface area contributed by atoms with Crippen LogP contribution in [0.1, 0.15) is 25.0 Å². The number of ether oxygens (including phenoxy) is 1. The Bertz CT molecular complexity index is 569. The topological polar surface area (TPSA) is 21.3 Å². The molecule has 2 nitrogen and oxygen atoms in total. The van der Waals surface area contributed by atoms with Crippen LogP contribution in [0.2, 0.25) is 5.02 Å². The first-order valence-electron chi connectivity index (χ1n) is 6.99. The Labute approximate surface area is 125 Å². The SMILES string of the molecule is CCNCc1cccc(Cl)c1Oc1cccc(CC)c1. The highest BCUT2D eigenvalue weighted by molar-refractivity contribution is 6.32. The Hall–Kier alpha value is -1.51. The molecule has 0 atom stereocenters. The van der Waals surface area contributed by atoms with E-state index < -0.39 is 0 Å². The number of para-hydroxylation sites is 1. The largest absolute Gasteiger partial charge is 0.455 e. The first kappa shape index (κ1) is 14.9. The molecule has 3 heteroatoms. The molecular weight excluding hydrogens is 270 g/mol. The van der Waals surface area contributed by atoms with Crippen LogP contribution in [0, 0.1) is 0 Å². The van der Waals surface area contributed by atoms with Gasteiger partial charge >= 0.3 is 0 Å². The van der Waals surface area contributed by atoms with Gasteiger partial charge in [0.1, 0.15) is 11.5 Å². The molecule has 0 fully saturated rings. The van der Waals surface area contributed by atoms with Gasteiger partial charge in [0.2, 0.25) is 0 Å². The Morgan fingerprint density at radius 3 is 2.65 bits per heavy atom. The van der Waals surface area contributed by atoms with Gasteiger partial charge in [-0.1, -0.05) is 49.7 Å². The molecule has 0 saturated heterocycles. The zero-order valence-corrected chi connectivity index (χ0v) is 12.7. The number of halogens is 1. The minimum atomic E-state index is 0.641. The highest BCUT2D eigenvalue weighted by Gasteiger charge is 2.09. The summed E-state index contributed by atoms with van der Waals surface area (Å²) in [5.74, 6) is 1.57. The van der Waals surface area contributed by atoms with E-state index in [0.29, 0.717) is 5.02 Å². The van der Waals surface area contributed by atoms with Crippen LogP contribution < -0.4 is 10.1 Å². The Kier molecular flexibility index (Phi) is 5.45. The third-order valence-electron chi connectivity index (χ3n) is 3.14. The number of benzene rings is 2. The lowest BCUT2D eigenvalue weighted by Crippen LogP contribution is -2.12. The van der Waals surface area contributed by atoms with Gasteiger partial charge in [0, 0.05) is 12.1 Å².